The van der Waals surface area contributed by atoms with Crippen molar-refractivity contribution in [2.75, 3.05) is 6.54 Å². The van der Waals surface area contributed by atoms with Gasteiger partial charge in [-0.3, -0.25) is 0 Å². The number of benzene rings is 1. The van der Waals surface area contributed by atoms with Crippen molar-refractivity contribution in [2.24, 2.45) is 5.11 Å². The van der Waals surface area contributed by atoms with Crippen molar-refractivity contribution >= 4 is 0 Å². The van der Waals surface area contributed by atoms with Crippen LogP contribution in [0.3, 0.4) is 0 Å². The summed E-state index contributed by atoms with van der Waals surface area (Å²) >= 11 is 0. The van der Waals surface area contributed by atoms with Crippen molar-refractivity contribution in [3.8, 4) is 5.75 Å². The molecule has 17 heavy (non-hydrogen) atoms. The largest absolute Gasteiger partial charge is 0.490 e. The van der Waals surface area contributed by atoms with E-state index >= 15 is 0 Å². The molecule has 1 aromatic rings. The van der Waals surface area contributed by atoms with Crippen LogP contribution in [-0.2, 0) is 19.3 Å². The average Bonchev–Trinajstić information content (AvgIpc) is 2.79. The topological polar surface area (TPSA) is 58.0 Å². The molecule has 1 aliphatic heterocycles. The lowest BCUT2D eigenvalue weighted by Crippen LogP contribution is -2.16. The third-order valence-corrected chi connectivity index (χ3v) is 3.68. The Morgan fingerprint density at radius 2 is 2.18 bits per heavy atom. The standard InChI is InChI=1S/C13H15N3O/c14-16-15-8-10-7-12-11-4-2-1-3-9(11)5-6-13(12)17-10/h5-6,10H,1-4,7-8H2. The Morgan fingerprint density at radius 3 is 3.06 bits per heavy atom. The van der Waals surface area contributed by atoms with Crippen molar-refractivity contribution < 1.29 is 4.74 Å². The summed E-state index contributed by atoms with van der Waals surface area (Å²) in [6, 6.07) is 4.28. The molecule has 0 aromatic heterocycles. The van der Waals surface area contributed by atoms with Gasteiger partial charge >= 0.3 is 0 Å². The molecule has 88 valence electrons. The van der Waals surface area contributed by atoms with Gasteiger partial charge in [0.25, 0.3) is 0 Å². The summed E-state index contributed by atoms with van der Waals surface area (Å²) in [5.41, 5.74) is 12.7. The van der Waals surface area contributed by atoms with Crippen LogP contribution in [0.4, 0.5) is 0 Å². The van der Waals surface area contributed by atoms with E-state index in [4.69, 9.17) is 10.3 Å². The first-order valence-electron chi connectivity index (χ1n) is 6.19. The fourth-order valence-corrected chi connectivity index (χ4v) is 2.90. The molecular weight excluding hydrogens is 214 g/mol. The van der Waals surface area contributed by atoms with Crippen LogP contribution in [0.25, 0.3) is 10.4 Å². The first kappa shape index (κ1) is 10.5. The van der Waals surface area contributed by atoms with Crippen LogP contribution in [0.15, 0.2) is 17.2 Å². The number of ether oxygens (including phenoxy) is 1. The van der Waals surface area contributed by atoms with Crippen LogP contribution in [-0.4, -0.2) is 12.6 Å². The Morgan fingerprint density at radius 1 is 1.29 bits per heavy atom. The smallest absolute Gasteiger partial charge is 0.123 e. The molecule has 1 atom stereocenters. The van der Waals surface area contributed by atoms with Gasteiger partial charge in [0.15, 0.2) is 0 Å². The molecule has 0 saturated heterocycles. The van der Waals surface area contributed by atoms with E-state index in [0.29, 0.717) is 6.54 Å². The lowest BCUT2D eigenvalue weighted by molar-refractivity contribution is 0.241. The zero-order chi connectivity index (χ0) is 11.7. The van der Waals surface area contributed by atoms with E-state index in [2.05, 4.69) is 22.2 Å². The molecule has 1 heterocycles. The molecule has 0 saturated carbocycles. The molecule has 0 amide bonds. The Labute approximate surface area is 100 Å². The Bertz CT molecular complexity index is 492. The maximum atomic E-state index is 8.34. The summed E-state index contributed by atoms with van der Waals surface area (Å²) in [6.07, 6.45) is 5.89. The second-order valence-corrected chi connectivity index (χ2v) is 4.74. The molecule has 1 unspecified atom stereocenters. The summed E-state index contributed by atoms with van der Waals surface area (Å²) in [5, 5.41) is 3.60. The highest BCUT2D eigenvalue weighted by Gasteiger charge is 2.26. The third-order valence-electron chi connectivity index (χ3n) is 3.68. The highest BCUT2D eigenvalue weighted by molar-refractivity contribution is 5.48. The van der Waals surface area contributed by atoms with Crippen molar-refractivity contribution in [1.29, 1.82) is 0 Å². The van der Waals surface area contributed by atoms with Crippen molar-refractivity contribution in [3.63, 3.8) is 0 Å². The highest BCUT2D eigenvalue weighted by atomic mass is 16.5. The number of aryl methyl sites for hydroxylation is 1. The zero-order valence-corrected chi connectivity index (χ0v) is 9.72. The third kappa shape index (κ3) is 1.85. The fourth-order valence-electron chi connectivity index (χ4n) is 2.90. The van der Waals surface area contributed by atoms with Gasteiger partial charge in [-0.05, 0) is 48.4 Å². The first-order valence-corrected chi connectivity index (χ1v) is 6.19. The van der Waals surface area contributed by atoms with Crippen molar-refractivity contribution in [2.45, 2.75) is 38.2 Å². The Hall–Kier alpha value is -1.67. The molecule has 3 rings (SSSR count). The number of nitrogens with zero attached hydrogens (tertiary/aromatic N) is 3. The molecule has 4 nitrogen and oxygen atoms in total. The van der Waals surface area contributed by atoms with Crippen LogP contribution < -0.4 is 4.74 Å². The van der Waals surface area contributed by atoms with Crippen LogP contribution in [0.1, 0.15) is 29.5 Å². The van der Waals surface area contributed by atoms with E-state index in [1.807, 2.05) is 0 Å². The normalized spacial score (nSPS) is 21.1. The second kappa shape index (κ2) is 4.30. The van der Waals surface area contributed by atoms with E-state index in [0.717, 1.165) is 12.2 Å². The molecule has 0 N–H and O–H groups in total. The number of azide groups is 1. The Balaban J connectivity index is 1.89. The molecule has 4 heteroatoms. The molecule has 0 radical (unpaired) electrons. The summed E-state index contributed by atoms with van der Waals surface area (Å²) in [7, 11) is 0. The molecule has 1 aliphatic carbocycles. The van der Waals surface area contributed by atoms with E-state index in [9.17, 15) is 0 Å². The van der Waals surface area contributed by atoms with Crippen LogP contribution >= 0.6 is 0 Å². The van der Waals surface area contributed by atoms with E-state index in [1.165, 1.54) is 42.4 Å². The van der Waals surface area contributed by atoms with E-state index in [1.54, 1.807) is 0 Å². The lowest BCUT2D eigenvalue weighted by atomic mass is 9.87. The average molecular weight is 229 g/mol. The van der Waals surface area contributed by atoms with Crippen molar-refractivity contribution in [1.82, 2.24) is 0 Å². The lowest BCUT2D eigenvalue weighted by Gasteiger charge is -2.17. The molecule has 0 spiro atoms. The van der Waals surface area contributed by atoms with Gasteiger partial charge in [0.1, 0.15) is 11.9 Å². The van der Waals surface area contributed by atoms with Gasteiger partial charge in [-0.25, -0.2) is 0 Å². The number of hydrogen-bond acceptors (Lipinski definition) is 2. The molecule has 0 bridgehead atoms. The summed E-state index contributed by atoms with van der Waals surface area (Å²) < 4.78 is 5.81. The summed E-state index contributed by atoms with van der Waals surface area (Å²) in [5.74, 6) is 1.00. The van der Waals surface area contributed by atoms with Crippen molar-refractivity contribution in [3.05, 3.63) is 39.3 Å². The fraction of sp³-hybridized carbons (Fsp3) is 0.538. The molecule has 1 aromatic carbocycles. The minimum absolute atomic E-state index is 0.0364. The number of fused-ring (bicyclic) bond motifs is 3. The minimum atomic E-state index is 0.0364. The zero-order valence-electron chi connectivity index (χ0n) is 9.72. The molecular formula is C13H15N3O. The monoisotopic (exact) mass is 229 g/mol. The Kier molecular flexibility index (Phi) is 2.65. The maximum absolute atomic E-state index is 8.34. The van der Waals surface area contributed by atoms with Gasteiger partial charge in [-0.1, -0.05) is 11.2 Å². The summed E-state index contributed by atoms with van der Waals surface area (Å²) in [6.45, 7) is 0.431. The van der Waals surface area contributed by atoms with Gasteiger partial charge in [-0.2, -0.15) is 0 Å². The van der Waals surface area contributed by atoms with Crippen LogP contribution in [0.5, 0.6) is 5.75 Å². The van der Waals surface area contributed by atoms with Gasteiger partial charge in [-0.15, -0.1) is 0 Å². The number of rotatable bonds is 2. The number of hydrogen-bond donors (Lipinski definition) is 0. The van der Waals surface area contributed by atoms with Crippen LogP contribution in [0, 0.1) is 0 Å². The molecule has 2 aliphatic rings. The van der Waals surface area contributed by atoms with E-state index in [-0.39, 0.29) is 6.10 Å². The molecule has 0 fully saturated rings. The highest BCUT2D eigenvalue weighted by Crippen LogP contribution is 2.36. The first-order chi connectivity index (χ1) is 8.38. The van der Waals surface area contributed by atoms with Crippen LogP contribution in [0.2, 0.25) is 0 Å². The quantitative estimate of drug-likeness (QED) is 0.436. The second-order valence-electron chi connectivity index (χ2n) is 4.74. The van der Waals surface area contributed by atoms with Gasteiger partial charge in [0.2, 0.25) is 0 Å². The minimum Gasteiger partial charge on any atom is -0.490 e. The van der Waals surface area contributed by atoms with E-state index < -0.39 is 0 Å². The predicted molar refractivity (Wildman–Crippen MR) is 65.2 cm³/mol. The predicted octanol–water partition coefficient (Wildman–Crippen LogP) is 3.18. The SMILES string of the molecule is [N-]=[N+]=NCC1Cc2c(ccc3c2CCCC3)O1. The maximum Gasteiger partial charge on any atom is 0.123 e. The van der Waals surface area contributed by atoms with Gasteiger partial charge < -0.3 is 4.74 Å². The van der Waals surface area contributed by atoms with Gasteiger partial charge in [0, 0.05) is 16.9 Å². The summed E-state index contributed by atoms with van der Waals surface area (Å²) in [4.78, 5) is 2.79. The van der Waals surface area contributed by atoms with Gasteiger partial charge in [0.05, 0.1) is 6.54 Å².